The zero-order chi connectivity index (χ0) is 24.7. The highest BCUT2D eigenvalue weighted by molar-refractivity contribution is 7.99. The number of hydrazine groups is 1. The summed E-state index contributed by atoms with van der Waals surface area (Å²) in [5.74, 6) is 1.17. The molecule has 0 fully saturated rings. The lowest BCUT2D eigenvalue weighted by molar-refractivity contribution is -0.119. The predicted molar refractivity (Wildman–Crippen MR) is 129 cm³/mol. The zero-order valence-electron chi connectivity index (χ0n) is 19.0. The van der Waals surface area contributed by atoms with Gasteiger partial charge in [0.15, 0.2) is 11.0 Å². The van der Waals surface area contributed by atoms with Crippen molar-refractivity contribution in [3.63, 3.8) is 0 Å². The molecule has 0 unspecified atom stereocenters. The lowest BCUT2D eigenvalue weighted by atomic mass is 10.2. The van der Waals surface area contributed by atoms with Gasteiger partial charge < -0.3 is 18.8 Å². The minimum atomic E-state index is -0.511. The normalized spacial score (nSPS) is 10.5. The number of aromatic nitrogens is 3. The van der Waals surface area contributed by atoms with Crippen LogP contribution < -0.4 is 25.1 Å². The van der Waals surface area contributed by atoms with E-state index in [0.29, 0.717) is 45.4 Å². The van der Waals surface area contributed by atoms with Crippen LogP contribution in [0.15, 0.2) is 41.6 Å². The molecule has 180 valence electrons. The van der Waals surface area contributed by atoms with Gasteiger partial charge in [0.05, 0.1) is 32.6 Å². The largest absolute Gasteiger partial charge is 0.497 e. The van der Waals surface area contributed by atoms with Crippen molar-refractivity contribution in [3.8, 4) is 28.6 Å². The van der Waals surface area contributed by atoms with Crippen molar-refractivity contribution >= 4 is 35.2 Å². The summed E-state index contributed by atoms with van der Waals surface area (Å²) >= 11 is 7.33. The van der Waals surface area contributed by atoms with Gasteiger partial charge in [0.1, 0.15) is 17.2 Å². The van der Waals surface area contributed by atoms with Gasteiger partial charge >= 0.3 is 0 Å². The van der Waals surface area contributed by atoms with Crippen LogP contribution in [0.25, 0.3) is 11.4 Å². The molecular weight excluding hydrogens is 482 g/mol. The lowest BCUT2D eigenvalue weighted by Crippen LogP contribution is -2.42. The first-order chi connectivity index (χ1) is 16.4. The van der Waals surface area contributed by atoms with Crippen LogP contribution in [-0.2, 0) is 11.3 Å². The molecule has 0 aliphatic heterocycles. The fraction of sp³-hybridized carbons (Fsp3) is 0.273. The highest BCUT2D eigenvalue weighted by Gasteiger charge is 2.18. The Kier molecular flexibility index (Phi) is 8.61. The van der Waals surface area contributed by atoms with Gasteiger partial charge in [-0.2, -0.15) is 0 Å². The molecule has 0 saturated heterocycles. The van der Waals surface area contributed by atoms with Gasteiger partial charge in [-0.15, -0.1) is 10.2 Å². The van der Waals surface area contributed by atoms with E-state index in [2.05, 4.69) is 21.0 Å². The quantitative estimate of drug-likeness (QED) is 0.336. The molecule has 3 rings (SSSR count). The minimum Gasteiger partial charge on any atom is -0.497 e. The fourth-order valence-corrected chi connectivity index (χ4v) is 4.01. The molecule has 0 spiro atoms. The van der Waals surface area contributed by atoms with Crippen molar-refractivity contribution in [1.82, 2.24) is 25.6 Å². The van der Waals surface area contributed by atoms with Crippen molar-refractivity contribution in [2.24, 2.45) is 0 Å². The smallest absolute Gasteiger partial charge is 0.269 e. The summed E-state index contributed by atoms with van der Waals surface area (Å²) in [6.07, 6.45) is 0. The maximum absolute atomic E-state index is 12.4. The second kappa shape index (κ2) is 11.6. The molecule has 0 aliphatic carbocycles. The van der Waals surface area contributed by atoms with E-state index < -0.39 is 11.8 Å². The topological polar surface area (TPSA) is 117 Å². The molecular formula is C22H24ClN5O5S. The summed E-state index contributed by atoms with van der Waals surface area (Å²) in [5, 5.41) is 9.54. The number of nitrogens with zero attached hydrogens (tertiary/aromatic N) is 3. The molecule has 2 amide bonds. The van der Waals surface area contributed by atoms with Crippen molar-refractivity contribution in [1.29, 1.82) is 0 Å². The molecule has 1 heterocycles. The zero-order valence-corrected chi connectivity index (χ0v) is 20.6. The highest BCUT2D eigenvalue weighted by atomic mass is 35.5. The second-order valence-electron chi connectivity index (χ2n) is 6.79. The minimum absolute atomic E-state index is 0.00647. The third kappa shape index (κ3) is 5.91. The van der Waals surface area contributed by atoms with Gasteiger partial charge in [-0.25, -0.2) is 0 Å². The number of nitrogens with one attached hydrogen (secondary N) is 2. The number of hydrogen-bond donors (Lipinski definition) is 2. The van der Waals surface area contributed by atoms with Crippen LogP contribution in [0.2, 0.25) is 5.02 Å². The molecule has 0 atom stereocenters. The Hall–Kier alpha value is -3.44. The number of halogens is 1. The fourth-order valence-electron chi connectivity index (χ4n) is 3.04. The molecule has 0 aliphatic rings. The average molecular weight is 506 g/mol. The molecule has 3 aromatic rings. The summed E-state index contributed by atoms with van der Waals surface area (Å²) in [6, 6.07) is 9.95. The van der Waals surface area contributed by atoms with Gasteiger partial charge in [-0.05, 0) is 37.3 Å². The van der Waals surface area contributed by atoms with Crippen LogP contribution in [-0.4, -0.2) is 53.7 Å². The van der Waals surface area contributed by atoms with Crippen LogP contribution in [0.3, 0.4) is 0 Å². The molecule has 2 N–H and O–H groups in total. The molecule has 0 radical (unpaired) electrons. The number of carbonyl (C=O) groups excluding carboxylic acids is 2. The molecule has 0 saturated carbocycles. The van der Waals surface area contributed by atoms with E-state index in [-0.39, 0.29) is 11.3 Å². The summed E-state index contributed by atoms with van der Waals surface area (Å²) in [7, 11) is 4.53. The first kappa shape index (κ1) is 25.2. The van der Waals surface area contributed by atoms with E-state index in [4.69, 9.17) is 25.8 Å². The third-order valence-corrected chi connectivity index (χ3v) is 5.90. The van der Waals surface area contributed by atoms with E-state index >= 15 is 0 Å². The molecule has 2 aromatic carbocycles. The monoisotopic (exact) mass is 505 g/mol. The van der Waals surface area contributed by atoms with Crippen molar-refractivity contribution in [3.05, 3.63) is 47.0 Å². The highest BCUT2D eigenvalue weighted by Crippen LogP contribution is 2.33. The van der Waals surface area contributed by atoms with Crippen LogP contribution in [0.5, 0.6) is 17.2 Å². The van der Waals surface area contributed by atoms with Crippen LogP contribution >= 0.6 is 23.4 Å². The molecule has 1 aromatic heterocycles. The second-order valence-corrected chi connectivity index (χ2v) is 8.17. The van der Waals surface area contributed by atoms with Crippen LogP contribution in [0.1, 0.15) is 17.3 Å². The third-order valence-electron chi connectivity index (χ3n) is 4.70. The Morgan fingerprint density at radius 3 is 2.32 bits per heavy atom. The Balaban J connectivity index is 1.64. The number of ether oxygens (including phenoxy) is 3. The summed E-state index contributed by atoms with van der Waals surface area (Å²) in [5.41, 5.74) is 5.74. The van der Waals surface area contributed by atoms with Gasteiger partial charge in [-0.1, -0.05) is 23.4 Å². The Bertz CT molecular complexity index is 1160. The number of rotatable bonds is 9. The number of thioether (sulfide) groups is 1. The first-order valence-corrected chi connectivity index (χ1v) is 11.5. The Morgan fingerprint density at radius 2 is 1.71 bits per heavy atom. The van der Waals surface area contributed by atoms with Crippen LogP contribution in [0, 0.1) is 0 Å². The first-order valence-electron chi connectivity index (χ1n) is 10.1. The van der Waals surface area contributed by atoms with Gasteiger partial charge in [0.25, 0.3) is 5.91 Å². The molecule has 34 heavy (non-hydrogen) atoms. The summed E-state index contributed by atoms with van der Waals surface area (Å²) in [6.45, 7) is 2.51. The maximum Gasteiger partial charge on any atom is 0.269 e. The Labute approximate surface area is 205 Å². The van der Waals surface area contributed by atoms with E-state index in [1.54, 1.807) is 31.4 Å². The standard InChI is InChI=1S/C22H24ClN5O5S/c1-5-28-20(17-10-14(23)6-7-18(17)33-4)25-27-22(28)34-12-19(29)24-26-21(30)13-8-15(31-2)11-16(9-13)32-3/h6-11H,5,12H2,1-4H3,(H,24,29)(H,26,30). The van der Waals surface area contributed by atoms with Crippen LogP contribution in [0.4, 0.5) is 0 Å². The van der Waals surface area contributed by atoms with E-state index in [1.807, 2.05) is 11.5 Å². The number of benzene rings is 2. The number of hydrogen-bond acceptors (Lipinski definition) is 8. The molecule has 0 bridgehead atoms. The van der Waals surface area contributed by atoms with Gasteiger partial charge in [0.2, 0.25) is 5.91 Å². The number of amides is 2. The number of carbonyl (C=O) groups is 2. The maximum atomic E-state index is 12.4. The molecule has 12 heteroatoms. The van der Waals surface area contributed by atoms with E-state index in [0.717, 1.165) is 0 Å². The van der Waals surface area contributed by atoms with E-state index in [1.165, 1.54) is 38.1 Å². The van der Waals surface area contributed by atoms with Crippen molar-refractivity contribution < 1.29 is 23.8 Å². The molecule has 10 nitrogen and oxygen atoms in total. The number of methoxy groups -OCH3 is 3. The van der Waals surface area contributed by atoms with Gasteiger partial charge in [0, 0.05) is 23.2 Å². The summed E-state index contributed by atoms with van der Waals surface area (Å²) in [4.78, 5) is 24.7. The SMILES string of the molecule is CCn1c(SCC(=O)NNC(=O)c2cc(OC)cc(OC)c2)nnc1-c1cc(Cl)ccc1OC. The summed E-state index contributed by atoms with van der Waals surface area (Å²) < 4.78 is 17.6. The van der Waals surface area contributed by atoms with E-state index in [9.17, 15) is 9.59 Å². The van der Waals surface area contributed by atoms with Crippen molar-refractivity contribution in [2.75, 3.05) is 27.1 Å². The van der Waals surface area contributed by atoms with Gasteiger partial charge in [-0.3, -0.25) is 20.4 Å². The lowest BCUT2D eigenvalue weighted by Gasteiger charge is -2.11. The predicted octanol–water partition coefficient (Wildman–Crippen LogP) is 3.20. The Morgan fingerprint density at radius 1 is 1.00 bits per heavy atom. The van der Waals surface area contributed by atoms with Crippen molar-refractivity contribution in [2.45, 2.75) is 18.6 Å². The average Bonchev–Trinajstić information content (AvgIpc) is 3.28.